The van der Waals surface area contributed by atoms with Crippen LogP contribution in [0.25, 0.3) is 77.9 Å². The summed E-state index contributed by atoms with van der Waals surface area (Å²) in [6, 6.07) is 72.0. The molecule has 0 fully saturated rings. The van der Waals surface area contributed by atoms with Crippen molar-refractivity contribution in [1.29, 1.82) is 0 Å². The van der Waals surface area contributed by atoms with Gasteiger partial charge in [0.2, 0.25) is 0 Å². The topological polar surface area (TPSA) is 0 Å². The number of benzene rings is 14. The van der Waals surface area contributed by atoms with Crippen LogP contribution in [-0.4, -0.2) is 0 Å². The fourth-order valence-corrected chi connectivity index (χ4v) is 26.1. The quantitative estimate of drug-likeness (QED) is 0.0904. The van der Waals surface area contributed by atoms with Crippen molar-refractivity contribution in [3.05, 3.63) is 405 Å². The first kappa shape index (κ1) is 110. The van der Waals surface area contributed by atoms with Gasteiger partial charge in [-0.3, -0.25) is 0 Å². The average Bonchev–Trinajstić information content (AvgIpc) is 1.56. The van der Waals surface area contributed by atoms with E-state index in [4.69, 9.17) is 0 Å². The minimum atomic E-state index is 0.118. The lowest BCUT2D eigenvalue weighted by Crippen LogP contribution is -2.15. The van der Waals surface area contributed by atoms with Crippen LogP contribution in [0.1, 0.15) is 426 Å². The second-order valence-electron chi connectivity index (χ2n) is 49.8. The Labute approximate surface area is 893 Å². The third-order valence-electron chi connectivity index (χ3n) is 36.9. The van der Waals surface area contributed by atoms with Gasteiger partial charge in [-0.25, -0.2) is 0 Å². The molecule has 0 atom stereocenters. The molecule has 0 heterocycles. The lowest BCUT2D eigenvalue weighted by Gasteiger charge is -2.23. The summed E-state index contributed by atoms with van der Waals surface area (Å²) >= 11 is 0. The van der Waals surface area contributed by atoms with Crippen molar-refractivity contribution < 1.29 is 0 Å². The van der Waals surface area contributed by atoms with Gasteiger partial charge >= 0.3 is 0 Å². The lowest BCUT2D eigenvalue weighted by atomic mass is 9.80. The molecule has 14 aromatic carbocycles. The highest BCUT2D eigenvalue weighted by molar-refractivity contribution is 5.90. The van der Waals surface area contributed by atoms with Gasteiger partial charge in [0.1, 0.15) is 0 Å². The molecule has 0 N–H and O–H groups in total. The Morgan fingerprint density at radius 1 is 0.136 bits per heavy atom. The summed E-state index contributed by atoms with van der Waals surface area (Å²) in [7, 11) is 0. The maximum absolute atomic E-state index is 2.51. The number of unbranched alkanes of at least 4 members (excludes halogenated alkanes) is 4. The number of fused-ring (bicyclic) bond motifs is 21. The van der Waals surface area contributed by atoms with Gasteiger partial charge in [-0.2, -0.15) is 0 Å². The van der Waals surface area contributed by atoms with Crippen LogP contribution in [0.4, 0.5) is 0 Å². The predicted molar refractivity (Wildman–Crippen MR) is 645 cm³/mol. The summed E-state index contributed by atoms with van der Waals surface area (Å²) in [5, 5.41) is 0. The van der Waals surface area contributed by atoms with Gasteiger partial charge in [0.15, 0.2) is 0 Å². The van der Waals surface area contributed by atoms with Crippen LogP contribution < -0.4 is 0 Å². The van der Waals surface area contributed by atoms with E-state index in [1.165, 1.54) is 355 Å². The molecule has 7 aliphatic rings. The van der Waals surface area contributed by atoms with Crippen LogP contribution in [0.3, 0.4) is 0 Å². The Hall–Kier alpha value is -10.9. The summed E-state index contributed by atoms with van der Waals surface area (Å²) in [6.07, 6.45) is 19.5. The molecule has 0 aromatic heterocycles. The number of rotatable bonds is 16. The van der Waals surface area contributed by atoms with Gasteiger partial charge in [0, 0.05) is 37.9 Å². The van der Waals surface area contributed by atoms with Gasteiger partial charge in [-0.05, 0) is 491 Å². The highest BCUT2D eigenvalue weighted by atomic mass is 14.5. The van der Waals surface area contributed by atoms with Crippen molar-refractivity contribution in [2.75, 3.05) is 0 Å². The van der Waals surface area contributed by atoms with Gasteiger partial charge in [-0.1, -0.05) is 371 Å². The van der Waals surface area contributed by atoms with Crippen molar-refractivity contribution in [2.24, 2.45) is 0 Å². The standard InChI is InChI=1S/2C25H34.2C21H26.C19H22.2C18H20/c2*1-7-9-11-19-15-21-22-16-20(12-10-8-2)18(4)14-24(22)25(5,6)23(21)13-17(19)3;2*1-7-15-11-17-18-12-16(8-2)14(4)10-20(18)21(5,6)19(17)9-13(15)3;1-11-7-15-16-8-12(2)14(4)10-18(16)19(5,6)17(15)9-13(11)3;2*1-11-6-7-14-15-9-12(2)13(3)10-17(15)18(4,5)16(14)8-11/h2*13-16H,7-12H2,1-6H3;2*9-12H,7-8H2,1-6H3;7-10H,1-6H3;2*6-10H,1-5H3. The lowest BCUT2D eigenvalue weighted by molar-refractivity contribution is 0.657. The highest BCUT2D eigenvalue weighted by Crippen LogP contribution is 2.59. The Morgan fingerprint density at radius 3 is 0.429 bits per heavy atom. The summed E-state index contributed by atoms with van der Waals surface area (Å²) in [4.78, 5) is 0. The highest BCUT2D eigenvalue weighted by Gasteiger charge is 2.44. The molecule has 7 aliphatic carbocycles. The number of aryl methyl sites for hydroxylation is 26. The fourth-order valence-electron chi connectivity index (χ4n) is 26.1. The smallest absolute Gasteiger partial charge is 0.0159 e. The molecular formula is C147H182. The predicted octanol–water partition coefficient (Wildman–Crippen LogP) is 41.1. The van der Waals surface area contributed by atoms with E-state index >= 15 is 0 Å². The molecule has 21 rings (SSSR count). The summed E-state index contributed by atoms with van der Waals surface area (Å²) in [5.74, 6) is 0. The second kappa shape index (κ2) is 42.5. The normalized spacial score (nSPS) is 14.9. The van der Waals surface area contributed by atoms with Gasteiger partial charge in [-0.15, -0.1) is 0 Å². The summed E-state index contributed by atoms with van der Waals surface area (Å²) in [6.45, 7) is 91.5. The SMILES string of the molecule is CCCCc1cc2c(cc1C)C(C)(C)c1cc(C)c(CCCC)cc1-2.CCCCc1cc2c(cc1C)C(C)(C)c1cc(C)c(CCCC)cc1-2.CCc1cc2c(cc1C)C(C)(C)c1cc(C)c(CC)cc1-2.CCc1cc2c(cc1C)C(C)(C)c1cc(C)c(CC)cc1-2.Cc1cc2c(cc1C)C(C)(C)c1cc(C)c(C)cc1-2.Cc1ccc2c(c1)C(C)(C)c1cc(C)c(C)cc1-2.Cc1ccc2c(c1)C(C)(C)c1cc(C)c(C)cc1-2. The van der Waals surface area contributed by atoms with E-state index < -0.39 is 0 Å². The van der Waals surface area contributed by atoms with Crippen molar-refractivity contribution in [3.8, 4) is 77.9 Å². The van der Waals surface area contributed by atoms with Crippen LogP contribution in [0.2, 0.25) is 0 Å². The molecule has 0 spiro atoms. The maximum Gasteiger partial charge on any atom is 0.0159 e. The summed E-state index contributed by atoms with van der Waals surface area (Å²) < 4.78 is 0. The van der Waals surface area contributed by atoms with Crippen molar-refractivity contribution >= 4 is 0 Å². The fraction of sp³-hybridized carbons (Fsp3) is 0.429. The first-order valence-electron chi connectivity index (χ1n) is 57.1. The van der Waals surface area contributed by atoms with Crippen molar-refractivity contribution in [3.63, 3.8) is 0 Å². The molecule has 147 heavy (non-hydrogen) atoms. The molecule has 14 aromatic rings. The largest absolute Gasteiger partial charge is 0.0654 e. The molecule has 0 radical (unpaired) electrons. The Kier molecular flexibility index (Phi) is 31.9. The minimum Gasteiger partial charge on any atom is -0.0654 e. The van der Waals surface area contributed by atoms with E-state index in [9.17, 15) is 0 Å². The Balaban J connectivity index is 0.000000129. The van der Waals surface area contributed by atoms with Crippen LogP contribution in [0, 0.1) is 125 Å². The van der Waals surface area contributed by atoms with Crippen LogP contribution in [0.5, 0.6) is 0 Å². The Morgan fingerprint density at radius 2 is 0.265 bits per heavy atom. The zero-order valence-corrected chi connectivity index (χ0v) is 99.1. The first-order chi connectivity index (χ1) is 69.2. The molecule has 0 saturated heterocycles. The van der Waals surface area contributed by atoms with E-state index in [1.54, 1.807) is 22.3 Å². The third kappa shape index (κ3) is 20.3. The molecule has 0 heteroatoms. The maximum atomic E-state index is 2.51. The first-order valence-corrected chi connectivity index (χ1v) is 57.1. The van der Waals surface area contributed by atoms with Crippen LogP contribution >= 0.6 is 0 Å². The van der Waals surface area contributed by atoms with Gasteiger partial charge in [0.05, 0.1) is 0 Å². The average molecular weight is 1950 g/mol. The van der Waals surface area contributed by atoms with E-state index in [-0.39, 0.29) is 37.9 Å². The van der Waals surface area contributed by atoms with E-state index in [2.05, 4.69) is 459 Å². The zero-order valence-electron chi connectivity index (χ0n) is 99.1. The van der Waals surface area contributed by atoms with Gasteiger partial charge in [0.25, 0.3) is 0 Å². The molecule has 0 bridgehead atoms. The number of hydrogen-bond donors (Lipinski definition) is 0. The molecule has 770 valence electrons. The second-order valence-corrected chi connectivity index (χ2v) is 49.8. The molecule has 0 nitrogen and oxygen atoms in total. The van der Waals surface area contributed by atoms with Crippen molar-refractivity contribution in [1.82, 2.24) is 0 Å². The van der Waals surface area contributed by atoms with Crippen LogP contribution in [0.15, 0.2) is 182 Å². The monoisotopic (exact) mass is 1950 g/mol. The zero-order chi connectivity index (χ0) is 107. The van der Waals surface area contributed by atoms with Crippen molar-refractivity contribution in [2.45, 2.75) is 418 Å². The minimum absolute atomic E-state index is 0.118. The third-order valence-corrected chi connectivity index (χ3v) is 36.9. The number of hydrogen-bond acceptors (Lipinski definition) is 0. The van der Waals surface area contributed by atoms with E-state index in [0.29, 0.717) is 0 Å². The van der Waals surface area contributed by atoms with Gasteiger partial charge < -0.3 is 0 Å². The molecule has 0 unspecified atom stereocenters. The van der Waals surface area contributed by atoms with E-state index in [0.717, 1.165) is 25.7 Å². The molecule has 0 aliphatic heterocycles. The molecule has 0 amide bonds. The summed E-state index contributed by atoms with van der Waals surface area (Å²) in [5.41, 5.74) is 79.8. The van der Waals surface area contributed by atoms with Crippen LogP contribution in [-0.2, 0) is 89.3 Å². The molecule has 0 saturated carbocycles. The van der Waals surface area contributed by atoms with E-state index in [1.807, 2.05) is 0 Å². The Bertz CT molecular complexity index is 6750. The molecular weight excluding hydrogens is 1770 g/mol.